The molecule has 2 atom stereocenters. The molecule has 2 aromatic carbocycles. The molecule has 2 aromatic rings. The standard InChI is InChI=1S/C24H30ClN3O3/c1-16(2)15-26-23(30)20-11-10-18(13-21(20)25)27-24(31)28-12-6-9-19(28)14-22(29)17-7-4-3-5-8-17/h3-5,7-8,10-11,13,16,19,22,29H,6,9,12,14-15H2,1-2H3,(H,26,30)(H,27,31)/t19-,22-/m1/s1. The number of carbonyl (C=O) groups excluding carboxylic acids is 2. The smallest absolute Gasteiger partial charge is 0.322 e. The van der Waals surface area contributed by atoms with E-state index in [1.54, 1.807) is 23.1 Å². The molecule has 1 aliphatic heterocycles. The molecule has 1 saturated heterocycles. The number of hydrogen-bond acceptors (Lipinski definition) is 3. The zero-order valence-corrected chi connectivity index (χ0v) is 18.7. The Hall–Kier alpha value is -2.57. The van der Waals surface area contributed by atoms with Crippen molar-refractivity contribution in [1.82, 2.24) is 10.2 Å². The van der Waals surface area contributed by atoms with Crippen LogP contribution in [-0.4, -0.2) is 41.1 Å². The second-order valence-electron chi connectivity index (χ2n) is 8.38. The average molecular weight is 444 g/mol. The summed E-state index contributed by atoms with van der Waals surface area (Å²) < 4.78 is 0. The van der Waals surface area contributed by atoms with Crippen LogP contribution in [0.2, 0.25) is 5.02 Å². The number of halogens is 1. The van der Waals surface area contributed by atoms with Crippen LogP contribution in [0, 0.1) is 5.92 Å². The third kappa shape index (κ3) is 6.21. The third-order valence-electron chi connectivity index (χ3n) is 5.45. The molecule has 1 heterocycles. The van der Waals surface area contributed by atoms with Crippen LogP contribution in [0.25, 0.3) is 0 Å². The van der Waals surface area contributed by atoms with Crippen molar-refractivity contribution in [3.05, 3.63) is 64.7 Å². The fourth-order valence-corrected chi connectivity index (χ4v) is 4.05. The number of aliphatic hydroxyl groups excluding tert-OH is 1. The Labute approximate surface area is 188 Å². The van der Waals surface area contributed by atoms with E-state index in [0.717, 1.165) is 18.4 Å². The molecule has 0 spiro atoms. The Morgan fingerprint density at radius 1 is 1.19 bits per heavy atom. The first-order valence-corrected chi connectivity index (χ1v) is 11.1. The summed E-state index contributed by atoms with van der Waals surface area (Å²) in [7, 11) is 0. The molecule has 3 amide bonds. The van der Waals surface area contributed by atoms with Gasteiger partial charge in [0.1, 0.15) is 0 Å². The van der Waals surface area contributed by atoms with Crippen LogP contribution in [-0.2, 0) is 0 Å². The molecule has 0 saturated carbocycles. The molecule has 31 heavy (non-hydrogen) atoms. The van der Waals surface area contributed by atoms with Gasteiger partial charge in [-0.05, 0) is 48.9 Å². The molecule has 1 fully saturated rings. The van der Waals surface area contributed by atoms with E-state index in [9.17, 15) is 14.7 Å². The lowest BCUT2D eigenvalue weighted by Gasteiger charge is -2.27. The lowest BCUT2D eigenvalue weighted by atomic mass is 10.0. The van der Waals surface area contributed by atoms with Crippen molar-refractivity contribution < 1.29 is 14.7 Å². The molecular formula is C24H30ClN3O3. The van der Waals surface area contributed by atoms with E-state index >= 15 is 0 Å². The predicted octanol–water partition coefficient (Wildman–Crippen LogP) is 4.85. The molecular weight excluding hydrogens is 414 g/mol. The van der Waals surface area contributed by atoms with Gasteiger partial charge in [-0.15, -0.1) is 0 Å². The monoisotopic (exact) mass is 443 g/mol. The Morgan fingerprint density at radius 2 is 1.94 bits per heavy atom. The van der Waals surface area contributed by atoms with Gasteiger partial charge in [-0.1, -0.05) is 55.8 Å². The van der Waals surface area contributed by atoms with Gasteiger partial charge in [-0.3, -0.25) is 4.79 Å². The number of nitrogens with one attached hydrogen (secondary N) is 2. The Balaban J connectivity index is 1.61. The van der Waals surface area contributed by atoms with Gasteiger partial charge in [0.05, 0.1) is 16.7 Å². The van der Waals surface area contributed by atoms with E-state index < -0.39 is 6.10 Å². The second kappa shape index (κ2) is 10.6. The van der Waals surface area contributed by atoms with E-state index in [0.29, 0.717) is 36.7 Å². The first kappa shape index (κ1) is 23.1. The van der Waals surface area contributed by atoms with Crippen molar-refractivity contribution in [3.63, 3.8) is 0 Å². The molecule has 7 heteroatoms. The highest BCUT2D eigenvalue weighted by molar-refractivity contribution is 6.34. The van der Waals surface area contributed by atoms with Crippen molar-refractivity contribution >= 4 is 29.2 Å². The van der Waals surface area contributed by atoms with Gasteiger partial charge in [0.15, 0.2) is 0 Å². The van der Waals surface area contributed by atoms with Crippen molar-refractivity contribution in [2.75, 3.05) is 18.4 Å². The van der Waals surface area contributed by atoms with Gasteiger partial charge in [-0.25, -0.2) is 4.79 Å². The van der Waals surface area contributed by atoms with Crippen molar-refractivity contribution in [2.45, 2.75) is 45.3 Å². The molecule has 3 N–H and O–H groups in total. The molecule has 6 nitrogen and oxygen atoms in total. The van der Waals surface area contributed by atoms with Crippen LogP contribution in [0.1, 0.15) is 55.1 Å². The third-order valence-corrected chi connectivity index (χ3v) is 5.77. The molecule has 0 unspecified atom stereocenters. The van der Waals surface area contributed by atoms with Crippen LogP contribution in [0.4, 0.5) is 10.5 Å². The minimum Gasteiger partial charge on any atom is -0.388 e. The summed E-state index contributed by atoms with van der Waals surface area (Å²) >= 11 is 6.29. The minimum atomic E-state index is -0.613. The highest BCUT2D eigenvalue weighted by Crippen LogP contribution is 2.28. The maximum absolute atomic E-state index is 12.9. The topological polar surface area (TPSA) is 81.7 Å². The van der Waals surface area contributed by atoms with Crippen molar-refractivity contribution in [2.24, 2.45) is 5.92 Å². The molecule has 0 radical (unpaired) electrons. The number of anilines is 1. The van der Waals surface area contributed by atoms with E-state index in [1.165, 1.54) is 0 Å². The number of benzene rings is 2. The largest absolute Gasteiger partial charge is 0.388 e. The van der Waals surface area contributed by atoms with Crippen LogP contribution in [0.5, 0.6) is 0 Å². The number of aliphatic hydroxyl groups is 1. The maximum Gasteiger partial charge on any atom is 0.322 e. The molecule has 0 bridgehead atoms. The number of urea groups is 1. The maximum atomic E-state index is 12.9. The zero-order valence-electron chi connectivity index (χ0n) is 18.0. The van der Waals surface area contributed by atoms with Gasteiger partial charge < -0.3 is 20.6 Å². The first-order valence-electron chi connectivity index (χ1n) is 10.7. The number of likely N-dealkylation sites (tertiary alicyclic amines) is 1. The normalized spacial score (nSPS) is 16.9. The average Bonchev–Trinajstić information content (AvgIpc) is 3.21. The first-order chi connectivity index (χ1) is 14.8. The summed E-state index contributed by atoms with van der Waals surface area (Å²) in [6, 6.07) is 14.1. The summed E-state index contributed by atoms with van der Waals surface area (Å²) in [6.07, 6.45) is 1.63. The van der Waals surface area contributed by atoms with Crippen LogP contribution < -0.4 is 10.6 Å². The van der Waals surface area contributed by atoms with Crippen LogP contribution in [0.3, 0.4) is 0 Å². The summed E-state index contributed by atoms with van der Waals surface area (Å²) in [5, 5.41) is 16.6. The van der Waals surface area contributed by atoms with E-state index in [2.05, 4.69) is 10.6 Å². The SMILES string of the molecule is CC(C)CNC(=O)c1ccc(NC(=O)N2CCC[C@@H]2C[C@@H](O)c2ccccc2)cc1Cl. The molecule has 3 rings (SSSR count). The summed E-state index contributed by atoms with van der Waals surface area (Å²) in [6.45, 7) is 5.25. The summed E-state index contributed by atoms with van der Waals surface area (Å²) in [4.78, 5) is 26.9. The summed E-state index contributed by atoms with van der Waals surface area (Å²) in [5.74, 6) is 0.112. The Bertz CT molecular complexity index is 904. The highest BCUT2D eigenvalue weighted by Gasteiger charge is 2.31. The lowest BCUT2D eigenvalue weighted by molar-refractivity contribution is 0.0949. The van der Waals surface area contributed by atoms with Crippen LogP contribution >= 0.6 is 11.6 Å². The van der Waals surface area contributed by atoms with Gasteiger partial charge in [0.25, 0.3) is 5.91 Å². The fourth-order valence-electron chi connectivity index (χ4n) is 3.78. The van der Waals surface area contributed by atoms with E-state index in [1.807, 2.05) is 44.2 Å². The zero-order chi connectivity index (χ0) is 22.4. The minimum absolute atomic E-state index is 0.0354. The summed E-state index contributed by atoms with van der Waals surface area (Å²) in [5.41, 5.74) is 1.77. The van der Waals surface area contributed by atoms with Crippen LogP contribution in [0.15, 0.2) is 48.5 Å². The van der Waals surface area contributed by atoms with Crippen molar-refractivity contribution in [1.29, 1.82) is 0 Å². The van der Waals surface area contributed by atoms with Gasteiger partial charge in [0.2, 0.25) is 0 Å². The molecule has 166 valence electrons. The lowest BCUT2D eigenvalue weighted by Crippen LogP contribution is -2.39. The Kier molecular flexibility index (Phi) is 7.93. The quantitative estimate of drug-likeness (QED) is 0.572. The predicted molar refractivity (Wildman–Crippen MR) is 123 cm³/mol. The molecule has 0 aromatic heterocycles. The van der Waals surface area contributed by atoms with Crippen molar-refractivity contribution in [3.8, 4) is 0 Å². The number of carbonyl (C=O) groups is 2. The molecule has 0 aliphatic carbocycles. The van der Waals surface area contributed by atoms with E-state index in [4.69, 9.17) is 11.6 Å². The number of nitrogens with zero attached hydrogens (tertiary/aromatic N) is 1. The Morgan fingerprint density at radius 3 is 2.61 bits per heavy atom. The number of amides is 3. The number of hydrogen-bond donors (Lipinski definition) is 3. The van der Waals surface area contributed by atoms with E-state index in [-0.39, 0.29) is 23.0 Å². The highest BCUT2D eigenvalue weighted by atomic mass is 35.5. The van der Waals surface area contributed by atoms with Gasteiger partial charge in [0, 0.05) is 24.8 Å². The van der Waals surface area contributed by atoms with Gasteiger partial charge >= 0.3 is 6.03 Å². The fraction of sp³-hybridized carbons (Fsp3) is 0.417. The number of rotatable bonds is 7. The molecule has 1 aliphatic rings. The second-order valence-corrected chi connectivity index (χ2v) is 8.79. The van der Waals surface area contributed by atoms with Gasteiger partial charge in [-0.2, -0.15) is 0 Å².